The van der Waals surface area contributed by atoms with Gasteiger partial charge in [-0.3, -0.25) is 13.8 Å². The molecule has 0 saturated heterocycles. The molecule has 3 unspecified atom stereocenters. The lowest BCUT2D eigenvalue weighted by atomic mass is 10.0. The molecule has 0 fully saturated rings. The fraction of sp³-hybridized carbons (Fsp3) is 0.635. The molecule has 0 heterocycles. The first-order valence-corrected chi connectivity index (χ1v) is 25.2. The molecule has 0 aromatic rings. The number of aliphatic hydroxyl groups is 1. The van der Waals surface area contributed by atoms with Gasteiger partial charge in [-0.15, -0.1) is 0 Å². The second-order valence-corrected chi connectivity index (χ2v) is 18.2. The number of carbonyl (C=O) groups is 1. The summed E-state index contributed by atoms with van der Waals surface area (Å²) in [6, 6.07) is -0.784. The maximum atomic E-state index is 12.8. The molecule has 0 radical (unpaired) electrons. The molecule has 61 heavy (non-hydrogen) atoms. The van der Waals surface area contributed by atoms with Crippen LogP contribution in [0.4, 0.5) is 0 Å². The molecule has 8 nitrogen and oxygen atoms in total. The maximum Gasteiger partial charge on any atom is 0.472 e. The predicted molar refractivity (Wildman–Crippen MR) is 262 cm³/mol. The zero-order valence-electron chi connectivity index (χ0n) is 39.4. The minimum absolute atomic E-state index is 0.0610. The summed E-state index contributed by atoms with van der Waals surface area (Å²) in [4.78, 5) is 23.1. The van der Waals surface area contributed by atoms with Gasteiger partial charge in [0.15, 0.2) is 0 Å². The molecule has 0 rings (SSSR count). The Hall–Kier alpha value is -2.84. The second-order valence-electron chi connectivity index (χ2n) is 16.8. The van der Waals surface area contributed by atoms with Gasteiger partial charge in [0.2, 0.25) is 5.91 Å². The van der Waals surface area contributed by atoms with Crippen molar-refractivity contribution >= 4 is 13.7 Å². The lowest BCUT2D eigenvalue weighted by molar-refractivity contribution is -0.870. The number of nitrogens with one attached hydrogen (secondary N) is 1. The molecule has 3 N–H and O–H groups in total. The molecule has 0 aromatic heterocycles. The summed E-state index contributed by atoms with van der Waals surface area (Å²) < 4.78 is 23.5. The van der Waals surface area contributed by atoms with E-state index in [1.807, 2.05) is 21.1 Å². The Kier molecular flexibility index (Phi) is 40.5. The van der Waals surface area contributed by atoms with Crippen LogP contribution in [0, 0.1) is 0 Å². The van der Waals surface area contributed by atoms with Crippen molar-refractivity contribution in [3.05, 3.63) is 109 Å². The van der Waals surface area contributed by atoms with Crippen molar-refractivity contribution in [2.75, 3.05) is 40.9 Å². The number of rotatable bonds is 41. The van der Waals surface area contributed by atoms with Gasteiger partial charge in [0.05, 0.1) is 39.9 Å². The van der Waals surface area contributed by atoms with Crippen molar-refractivity contribution in [2.24, 2.45) is 0 Å². The van der Waals surface area contributed by atoms with Crippen LogP contribution in [-0.2, 0) is 18.4 Å². The molecule has 0 bridgehead atoms. The van der Waals surface area contributed by atoms with Gasteiger partial charge in [0.25, 0.3) is 0 Å². The van der Waals surface area contributed by atoms with E-state index in [0.717, 1.165) is 103 Å². The third-order valence-corrected chi connectivity index (χ3v) is 10.8. The van der Waals surface area contributed by atoms with E-state index in [0.29, 0.717) is 23.9 Å². The average molecular weight is 870 g/mol. The highest BCUT2D eigenvalue weighted by molar-refractivity contribution is 7.47. The predicted octanol–water partition coefficient (Wildman–Crippen LogP) is 13.7. The van der Waals surface area contributed by atoms with Crippen LogP contribution in [0.25, 0.3) is 0 Å². The van der Waals surface area contributed by atoms with Crippen molar-refractivity contribution in [2.45, 2.75) is 174 Å². The monoisotopic (exact) mass is 870 g/mol. The van der Waals surface area contributed by atoms with E-state index in [4.69, 9.17) is 9.05 Å². The molecule has 0 aliphatic heterocycles. The molecular formula is C52H90N2O6P+. The van der Waals surface area contributed by atoms with Crippen molar-refractivity contribution < 1.29 is 32.9 Å². The fourth-order valence-corrected chi connectivity index (χ4v) is 6.77. The van der Waals surface area contributed by atoms with E-state index in [1.54, 1.807) is 0 Å². The normalized spacial score (nSPS) is 15.2. The molecule has 0 aliphatic carbocycles. The zero-order chi connectivity index (χ0) is 45.0. The van der Waals surface area contributed by atoms with Crippen molar-refractivity contribution in [3.8, 4) is 0 Å². The van der Waals surface area contributed by atoms with E-state index in [1.165, 1.54) is 32.1 Å². The summed E-state index contributed by atoms with van der Waals surface area (Å²) in [5, 5.41) is 13.8. The zero-order valence-corrected chi connectivity index (χ0v) is 40.2. The first-order valence-electron chi connectivity index (χ1n) is 23.8. The molecule has 348 valence electrons. The fourth-order valence-electron chi connectivity index (χ4n) is 6.04. The number of hydrogen-bond donors (Lipinski definition) is 3. The van der Waals surface area contributed by atoms with Crippen LogP contribution >= 0.6 is 7.82 Å². The third kappa shape index (κ3) is 45.0. The standard InChI is InChI=1S/C52H89N2O6P/c1-6-8-10-12-14-16-17-18-19-20-21-22-23-24-25-26-27-28-29-30-31-32-33-34-35-36-37-38-40-42-44-46-52(56)53-50(49-60-61(57,58)59-48-47-54(3,4)5)51(55)45-43-41-39-15-13-11-9-7-2/h8,10,14,16,18-19,21-22,24-25,27-28,30-31,33-34,36-37,50-51,55H,6-7,9,11-13,15,17,20,23,26,29,32,35,38-49H2,1-5H3,(H-,53,56,57,58)/p+1/b10-8-,16-14-,19-18-,22-21-,25-24-,28-27-,31-30-,34-33-,37-36-. The molecule has 3 atom stereocenters. The highest BCUT2D eigenvalue weighted by Gasteiger charge is 2.28. The summed E-state index contributed by atoms with van der Waals surface area (Å²) in [6.45, 7) is 4.68. The van der Waals surface area contributed by atoms with Crippen LogP contribution in [0.3, 0.4) is 0 Å². The summed E-state index contributed by atoms with van der Waals surface area (Å²) in [7, 11) is 1.57. The first kappa shape index (κ1) is 58.2. The van der Waals surface area contributed by atoms with Crippen LogP contribution in [0.5, 0.6) is 0 Å². The third-order valence-electron chi connectivity index (χ3n) is 9.79. The van der Waals surface area contributed by atoms with Gasteiger partial charge in [0, 0.05) is 6.42 Å². The molecule has 1 amide bonds. The number of unbranched alkanes of at least 4 members (excludes halogenated alkanes) is 10. The van der Waals surface area contributed by atoms with Crippen LogP contribution < -0.4 is 5.32 Å². The van der Waals surface area contributed by atoms with E-state index < -0.39 is 20.0 Å². The highest BCUT2D eigenvalue weighted by atomic mass is 31.2. The Morgan fingerprint density at radius 2 is 0.984 bits per heavy atom. The first-order chi connectivity index (χ1) is 29.5. The van der Waals surface area contributed by atoms with Crippen LogP contribution in [0.2, 0.25) is 0 Å². The molecule has 0 spiro atoms. The van der Waals surface area contributed by atoms with E-state index >= 15 is 0 Å². The highest BCUT2D eigenvalue weighted by Crippen LogP contribution is 2.43. The van der Waals surface area contributed by atoms with Crippen molar-refractivity contribution in [1.82, 2.24) is 5.32 Å². The average Bonchev–Trinajstić information content (AvgIpc) is 3.21. The van der Waals surface area contributed by atoms with Gasteiger partial charge in [-0.2, -0.15) is 0 Å². The van der Waals surface area contributed by atoms with Gasteiger partial charge < -0.3 is 19.8 Å². The molecular weight excluding hydrogens is 780 g/mol. The summed E-state index contributed by atoms with van der Waals surface area (Å²) >= 11 is 0. The number of hydrogen-bond acceptors (Lipinski definition) is 5. The van der Waals surface area contributed by atoms with Crippen molar-refractivity contribution in [3.63, 3.8) is 0 Å². The number of allylic oxidation sites excluding steroid dienone is 18. The summed E-state index contributed by atoms with van der Waals surface area (Å²) in [5.74, 6) is -0.186. The minimum Gasteiger partial charge on any atom is -0.391 e. The quantitative estimate of drug-likeness (QED) is 0.0245. The number of nitrogens with zero attached hydrogens (tertiary/aromatic N) is 1. The number of phosphoric ester groups is 1. The number of carbonyl (C=O) groups excluding carboxylic acids is 1. The SMILES string of the molecule is CC/C=C\C/C=C\C/C=C\C/C=C\C/C=C\C/C=C\C/C=C\C/C=C\C/C=C\CCCCCC(=O)NC(COP(=O)(O)OCC[N+](C)(C)C)C(O)CCCCCCCCCC. The molecule has 9 heteroatoms. The van der Waals surface area contributed by atoms with Crippen LogP contribution in [0.15, 0.2) is 109 Å². The number of amides is 1. The number of likely N-dealkylation sites (N-methyl/N-ethyl adjacent to an activating group) is 1. The van der Waals surface area contributed by atoms with Crippen LogP contribution in [-0.4, -0.2) is 73.4 Å². The van der Waals surface area contributed by atoms with Gasteiger partial charge in [-0.1, -0.05) is 181 Å². The maximum absolute atomic E-state index is 12.8. The number of phosphoric acid groups is 1. The Morgan fingerprint density at radius 3 is 1.43 bits per heavy atom. The minimum atomic E-state index is -4.32. The Morgan fingerprint density at radius 1 is 0.574 bits per heavy atom. The molecule has 0 aromatic carbocycles. The van der Waals surface area contributed by atoms with Crippen molar-refractivity contribution in [1.29, 1.82) is 0 Å². The lowest BCUT2D eigenvalue weighted by Gasteiger charge is -2.26. The van der Waals surface area contributed by atoms with E-state index in [2.05, 4.69) is 129 Å². The molecule has 0 saturated carbocycles. The number of aliphatic hydroxyl groups excluding tert-OH is 1. The van der Waals surface area contributed by atoms with Gasteiger partial charge in [-0.05, 0) is 83.5 Å². The summed E-state index contributed by atoms with van der Waals surface area (Å²) in [5.41, 5.74) is 0. The van der Waals surface area contributed by atoms with E-state index in [-0.39, 0.29) is 19.1 Å². The van der Waals surface area contributed by atoms with Crippen LogP contribution in [0.1, 0.15) is 162 Å². The smallest absolute Gasteiger partial charge is 0.391 e. The lowest BCUT2D eigenvalue weighted by Crippen LogP contribution is -2.46. The van der Waals surface area contributed by atoms with Gasteiger partial charge in [0.1, 0.15) is 13.2 Å². The second kappa shape index (κ2) is 42.5. The summed E-state index contributed by atoms with van der Waals surface area (Å²) in [6.07, 6.45) is 61.4. The number of quaternary nitrogens is 1. The largest absolute Gasteiger partial charge is 0.472 e. The van der Waals surface area contributed by atoms with Gasteiger partial charge >= 0.3 is 7.82 Å². The Labute approximate surface area is 374 Å². The van der Waals surface area contributed by atoms with E-state index in [9.17, 15) is 19.4 Å². The molecule has 0 aliphatic rings. The Bertz CT molecular complexity index is 1350. The topological polar surface area (TPSA) is 105 Å². The Balaban J connectivity index is 4.24. The van der Waals surface area contributed by atoms with Gasteiger partial charge in [-0.25, -0.2) is 4.57 Å².